The van der Waals surface area contributed by atoms with Gasteiger partial charge in [-0.15, -0.1) is 13.2 Å². The average Bonchev–Trinajstić information content (AvgIpc) is 3.80. The van der Waals surface area contributed by atoms with E-state index in [4.69, 9.17) is 21.1 Å². The number of fused-ring (bicyclic) bond motifs is 1. The van der Waals surface area contributed by atoms with Crippen LogP contribution < -0.4 is 10.2 Å². The fraction of sp³-hybridized carbons (Fsp3) is 0.366. The molecule has 3 heterocycles. The zero-order valence-corrected chi connectivity index (χ0v) is 29.9. The molecule has 0 aliphatic carbocycles. The van der Waals surface area contributed by atoms with Gasteiger partial charge in [0.2, 0.25) is 11.8 Å². The van der Waals surface area contributed by atoms with Crippen LogP contribution in [0.4, 0.5) is 5.69 Å². The largest absolute Gasteiger partial charge is 0.455 e. The van der Waals surface area contributed by atoms with E-state index in [1.807, 2.05) is 36.4 Å². The maximum Gasteiger partial charge on any atom is 0.313 e. The number of rotatable bonds is 15. The second kappa shape index (κ2) is 15.9. The number of allylic oxidation sites excluding steroid dienone is 1. The summed E-state index contributed by atoms with van der Waals surface area (Å²) in [6.07, 6.45) is 3.20. The molecule has 11 heteroatoms. The summed E-state index contributed by atoms with van der Waals surface area (Å²) in [5, 5.41) is 14.3. The van der Waals surface area contributed by atoms with E-state index >= 15 is 0 Å². The van der Waals surface area contributed by atoms with Gasteiger partial charge in [0.1, 0.15) is 17.7 Å². The first-order valence-electron chi connectivity index (χ1n) is 17.6. The van der Waals surface area contributed by atoms with E-state index in [9.17, 15) is 24.3 Å². The number of ether oxygens (including phenoxy) is 2. The quantitative estimate of drug-likeness (QED) is 0.152. The number of hydrogen-bond acceptors (Lipinski definition) is 7. The lowest BCUT2D eigenvalue weighted by Crippen LogP contribution is -2.57. The minimum absolute atomic E-state index is 0.124. The molecule has 0 radical (unpaired) electrons. The lowest BCUT2D eigenvalue weighted by molar-refractivity contribution is -0.162. The number of likely N-dealkylation sites (tertiary alicyclic amines) is 1. The predicted octanol–water partition coefficient (Wildman–Crippen LogP) is 5.72. The summed E-state index contributed by atoms with van der Waals surface area (Å²) in [6, 6.07) is 22.2. The monoisotopic (exact) mass is 725 g/mol. The summed E-state index contributed by atoms with van der Waals surface area (Å²) in [7, 11) is 0. The van der Waals surface area contributed by atoms with Crippen molar-refractivity contribution in [2.45, 2.75) is 68.5 Å². The van der Waals surface area contributed by atoms with Gasteiger partial charge in [-0.25, -0.2) is 0 Å². The van der Waals surface area contributed by atoms with Gasteiger partial charge in [0.15, 0.2) is 0 Å². The molecule has 0 unspecified atom stereocenters. The van der Waals surface area contributed by atoms with Gasteiger partial charge >= 0.3 is 5.97 Å². The summed E-state index contributed by atoms with van der Waals surface area (Å²) in [6.45, 7) is 8.97. The van der Waals surface area contributed by atoms with Gasteiger partial charge in [-0.3, -0.25) is 19.2 Å². The van der Waals surface area contributed by atoms with Crippen molar-refractivity contribution in [3.05, 3.63) is 126 Å². The molecule has 10 nitrogen and oxygen atoms in total. The van der Waals surface area contributed by atoms with Crippen LogP contribution in [0.2, 0.25) is 5.02 Å². The van der Waals surface area contributed by atoms with Gasteiger partial charge in [-0.05, 0) is 61.6 Å². The fourth-order valence-electron chi connectivity index (χ4n) is 8.16. The molecule has 3 aliphatic heterocycles. The molecule has 3 fully saturated rings. The van der Waals surface area contributed by atoms with Crippen molar-refractivity contribution >= 4 is 41.0 Å². The molecule has 3 aliphatic rings. The first kappa shape index (κ1) is 37.0. The highest BCUT2D eigenvalue weighted by Crippen LogP contribution is 2.60. The van der Waals surface area contributed by atoms with Crippen molar-refractivity contribution < 1.29 is 33.8 Å². The second-order valence-electron chi connectivity index (χ2n) is 13.6. The smallest absolute Gasteiger partial charge is 0.313 e. The Labute approximate surface area is 309 Å². The van der Waals surface area contributed by atoms with Crippen LogP contribution in [0.15, 0.2) is 110 Å². The van der Waals surface area contributed by atoms with Crippen LogP contribution in [0.25, 0.3) is 0 Å². The summed E-state index contributed by atoms with van der Waals surface area (Å²) >= 11 is 6.19. The Bertz CT molecular complexity index is 1790. The number of nitrogens with zero attached hydrogens (tertiary/aromatic N) is 2. The molecule has 0 saturated carbocycles. The van der Waals surface area contributed by atoms with E-state index in [0.717, 1.165) is 0 Å². The predicted molar refractivity (Wildman–Crippen MR) is 197 cm³/mol. The van der Waals surface area contributed by atoms with Gasteiger partial charge in [0, 0.05) is 23.7 Å². The van der Waals surface area contributed by atoms with Gasteiger partial charge in [-0.1, -0.05) is 84.4 Å². The molecular weight excluding hydrogens is 682 g/mol. The highest BCUT2D eigenvalue weighted by Gasteiger charge is 2.76. The van der Waals surface area contributed by atoms with Crippen molar-refractivity contribution in [3.8, 4) is 0 Å². The number of esters is 1. The molecule has 3 saturated heterocycles. The van der Waals surface area contributed by atoms with Crippen molar-refractivity contribution in [2.75, 3.05) is 18.1 Å². The number of aliphatic hydroxyl groups is 1. The molecule has 0 aromatic heterocycles. The molecule has 3 aromatic carbocycles. The van der Waals surface area contributed by atoms with Crippen molar-refractivity contribution in [3.63, 3.8) is 0 Å². The van der Waals surface area contributed by atoms with Crippen molar-refractivity contribution in [1.82, 2.24) is 10.2 Å². The van der Waals surface area contributed by atoms with E-state index < -0.39 is 72.2 Å². The standard InChI is InChI=1S/C41H44ClN3O7/c1-4-6-17-33(47)43-26(3)36(28-15-11-8-12-16-28)51-40(50)34-32-22-23-41(52-32)35(34)38(48)45(31(25-46)27-13-9-7-10-14-27)37(41)39(49)44(24-5-2)30-20-18-29(42)19-21-30/h4-5,7-16,18-21,26,31-32,34-37,46H,1-2,6,17,22-25H2,3H3,(H,43,47)/t26-,31-,32+,34-,35-,36-,37+,41-/m1/s1. The molecule has 8 atom stereocenters. The van der Waals surface area contributed by atoms with Crippen LogP contribution >= 0.6 is 11.6 Å². The lowest BCUT2D eigenvalue weighted by atomic mass is 9.70. The normalized spacial score (nSPS) is 24.8. The minimum Gasteiger partial charge on any atom is -0.455 e. The van der Waals surface area contributed by atoms with E-state index in [0.29, 0.717) is 41.1 Å². The van der Waals surface area contributed by atoms with Crippen LogP contribution in [0.1, 0.15) is 55.9 Å². The van der Waals surface area contributed by atoms with Crippen LogP contribution in [0.3, 0.4) is 0 Å². The minimum atomic E-state index is -1.37. The number of benzene rings is 3. The fourth-order valence-corrected chi connectivity index (χ4v) is 8.29. The van der Waals surface area contributed by atoms with Gasteiger partial charge in [0.25, 0.3) is 5.91 Å². The molecule has 272 valence electrons. The van der Waals surface area contributed by atoms with Crippen LogP contribution in [-0.4, -0.2) is 70.6 Å². The third-order valence-electron chi connectivity index (χ3n) is 10.4. The van der Waals surface area contributed by atoms with Crippen LogP contribution in [0.5, 0.6) is 0 Å². The number of carbonyl (C=O) groups excluding carboxylic acids is 4. The average molecular weight is 726 g/mol. The SMILES string of the molecule is C=CCCC(=O)N[C@H](C)[C@@H](OC(=O)[C@@H]1[C@@H]2CC[C@]3(O2)[C@H](C(=O)N(CC=C)c2ccc(Cl)cc2)N([C@H](CO)c2ccccc2)C(=O)[C@@H]13)c1ccccc1. The van der Waals surface area contributed by atoms with Crippen LogP contribution in [0, 0.1) is 11.8 Å². The Morgan fingerprint density at radius 3 is 2.31 bits per heavy atom. The summed E-state index contributed by atoms with van der Waals surface area (Å²) in [5.41, 5.74) is 0.475. The molecule has 52 heavy (non-hydrogen) atoms. The maximum absolute atomic E-state index is 15.0. The van der Waals surface area contributed by atoms with Gasteiger partial charge in [-0.2, -0.15) is 0 Å². The van der Waals surface area contributed by atoms with Crippen LogP contribution in [-0.2, 0) is 28.7 Å². The Balaban J connectivity index is 1.39. The zero-order valence-electron chi connectivity index (χ0n) is 29.1. The van der Waals surface area contributed by atoms with E-state index in [2.05, 4.69) is 18.5 Å². The first-order valence-corrected chi connectivity index (χ1v) is 18.0. The Hall–Kier alpha value is -4.77. The van der Waals surface area contributed by atoms with Crippen molar-refractivity contribution in [2.24, 2.45) is 11.8 Å². The lowest BCUT2D eigenvalue weighted by Gasteiger charge is -2.39. The van der Waals surface area contributed by atoms with E-state index in [-0.39, 0.29) is 18.9 Å². The third kappa shape index (κ3) is 6.90. The Morgan fingerprint density at radius 1 is 1.04 bits per heavy atom. The highest BCUT2D eigenvalue weighted by molar-refractivity contribution is 6.30. The maximum atomic E-state index is 15.0. The van der Waals surface area contributed by atoms with E-state index in [1.165, 1.54) is 9.80 Å². The van der Waals surface area contributed by atoms with Crippen molar-refractivity contribution in [1.29, 1.82) is 0 Å². The molecule has 6 rings (SSSR count). The van der Waals surface area contributed by atoms with E-state index in [1.54, 1.807) is 67.6 Å². The number of hydrogen-bond donors (Lipinski definition) is 2. The summed E-state index contributed by atoms with van der Waals surface area (Å²) in [4.78, 5) is 60.1. The number of amides is 3. The molecular formula is C41H44ClN3O7. The Morgan fingerprint density at radius 2 is 1.69 bits per heavy atom. The molecule has 3 aromatic rings. The number of nitrogens with one attached hydrogen (secondary N) is 1. The number of carbonyl (C=O) groups is 4. The first-order chi connectivity index (χ1) is 25.1. The summed E-state index contributed by atoms with van der Waals surface area (Å²) < 4.78 is 13.0. The molecule has 2 bridgehead atoms. The Kier molecular flexibility index (Phi) is 11.3. The second-order valence-corrected chi connectivity index (χ2v) is 14.0. The number of aliphatic hydroxyl groups excluding tert-OH is 1. The summed E-state index contributed by atoms with van der Waals surface area (Å²) in [5.74, 6) is -3.86. The number of halogens is 1. The molecule has 2 N–H and O–H groups in total. The number of anilines is 1. The third-order valence-corrected chi connectivity index (χ3v) is 10.7. The van der Waals surface area contributed by atoms with Gasteiger partial charge < -0.3 is 29.7 Å². The van der Waals surface area contributed by atoms with Gasteiger partial charge in [0.05, 0.1) is 36.6 Å². The topological polar surface area (TPSA) is 125 Å². The molecule has 1 spiro atoms. The zero-order chi connectivity index (χ0) is 37.0. The highest BCUT2D eigenvalue weighted by atomic mass is 35.5. The molecule has 3 amide bonds.